The molecule has 4 N–H and O–H groups in total. The second-order valence-electron chi connectivity index (χ2n) is 8.70. The Morgan fingerprint density at radius 3 is 2.60 bits per heavy atom. The summed E-state index contributed by atoms with van der Waals surface area (Å²) < 4.78 is 39.4. The number of nitrogens with zero attached hydrogens (tertiary/aromatic N) is 4. The van der Waals surface area contributed by atoms with Gasteiger partial charge in [0.2, 0.25) is 0 Å². The van der Waals surface area contributed by atoms with Crippen molar-refractivity contribution in [3.63, 3.8) is 0 Å². The first-order chi connectivity index (χ1) is 16.5. The second kappa shape index (κ2) is 9.76. The minimum atomic E-state index is -4.58. The van der Waals surface area contributed by atoms with Gasteiger partial charge >= 0.3 is 12.2 Å². The Hall–Kier alpha value is -3.28. The summed E-state index contributed by atoms with van der Waals surface area (Å²) in [5.74, 6) is 0.202. The zero-order chi connectivity index (χ0) is 25.3. The van der Waals surface area contributed by atoms with Crippen LogP contribution in [0.4, 0.5) is 35.3 Å². The van der Waals surface area contributed by atoms with E-state index in [0.29, 0.717) is 31.1 Å². The lowest BCUT2D eigenvalue weighted by Gasteiger charge is -2.34. The monoisotopic (exact) mass is 511 g/mol. The van der Waals surface area contributed by atoms with E-state index in [1.54, 1.807) is 0 Å². The van der Waals surface area contributed by atoms with E-state index >= 15 is 0 Å². The molecule has 1 aromatic heterocycles. The van der Waals surface area contributed by atoms with Gasteiger partial charge in [0, 0.05) is 42.9 Å². The number of nitrogens with two attached hydrogens (primary N) is 1. The van der Waals surface area contributed by atoms with E-state index in [4.69, 9.17) is 17.3 Å². The van der Waals surface area contributed by atoms with Crippen LogP contribution in [0.25, 0.3) is 0 Å². The molecule has 1 saturated carbocycles. The topological polar surface area (TPSA) is 116 Å². The fourth-order valence-corrected chi connectivity index (χ4v) is 4.09. The summed E-state index contributed by atoms with van der Waals surface area (Å²) in [6, 6.07) is 2.39. The van der Waals surface area contributed by atoms with E-state index in [2.05, 4.69) is 20.6 Å². The van der Waals surface area contributed by atoms with E-state index < -0.39 is 23.7 Å². The van der Waals surface area contributed by atoms with Gasteiger partial charge in [-0.2, -0.15) is 13.2 Å². The number of carbonyl (C=O) groups is 2. The number of amides is 3. The molecule has 3 amide bonds. The molecule has 0 spiro atoms. The van der Waals surface area contributed by atoms with Crippen LogP contribution in [0.15, 0.2) is 24.4 Å². The molecule has 1 aliphatic carbocycles. The fraction of sp³-hybridized carbons (Fsp3) is 0.455. The van der Waals surface area contributed by atoms with Crippen LogP contribution in [0.2, 0.25) is 5.02 Å². The third-order valence-electron chi connectivity index (χ3n) is 5.89. The molecule has 1 unspecified atom stereocenters. The molecule has 0 bridgehead atoms. The van der Waals surface area contributed by atoms with E-state index in [1.807, 2.05) is 4.90 Å². The number of anilines is 3. The number of hydrogen-bond acceptors (Lipinski definition) is 6. The molecule has 2 fully saturated rings. The van der Waals surface area contributed by atoms with Gasteiger partial charge in [0.1, 0.15) is 5.82 Å². The quantitative estimate of drug-likeness (QED) is 0.545. The lowest BCUT2D eigenvalue weighted by Crippen LogP contribution is -2.51. The zero-order valence-corrected chi connectivity index (χ0v) is 19.7. The van der Waals surface area contributed by atoms with Crippen molar-refractivity contribution in [1.82, 2.24) is 15.3 Å². The van der Waals surface area contributed by atoms with Crippen LogP contribution in [0.3, 0.4) is 0 Å². The Morgan fingerprint density at radius 1 is 1.20 bits per heavy atom. The van der Waals surface area contributed by atoms with Gasteiger partial charge in [-0.3, -0.25) is 9.69 Å². The van der Waals surface area contributed by atoms with Crippen LogP contribution < -0.4 is 26.2 Å². The highest BCUT2D eigenvalue weighted by atomic mass is 35.5. The Balaban J connectivity index is 1.45. The molecule has 13 heteroatoms. The number of aromatic nitrogens is 2. The maximum atomic E-state index is 13.1. The van der Waals surface area contributed by atoms with Gasteiger partial charge in [0.15, 0.2) is 11.5 Å². The van der Waals surface area contributed by atoms with Gasteiger partial charge in [0.05, 0.1) is 11.8 Å². The molecule has 1 atom stereocenters. The summed E-state index contributed by atoms with van der Waals surface area (Å²) in [6.45, 7) is 1.08. The van der Waals surface area contributed by atoms with Crippen LogP contribution in [0.5, 0.6) is 0 Å². The van der Waals surface area contributed by atoms with Crippen molar-refractivity contribution in [3.05, 3.63) is 40.7 Å². The number of halogens is 4. The molecule has 188 valence electrons. The number of rotatable bonds is 6. The van der Waals surface area contributed by atoms with E-state index in [1.165, 1.54) is 19.3 Å². The minimum Gasteiger partial charge on any atom is -0.365 e. The van der Waals surface area contributed by atoms with Crippen molar-refractivity contribution in [1.29, 1.82) is 0 Å². The number of urea groups is 1. The molecule has 1 saturated heterocycles. The Morgan fingerprint density at radius 2 is 1.94 bits per heavy atom. The molecule has 0 radical (unpaired) electrons. The van der Waals surface area contributed by atoms with Gasteiger partial charge in [0.25, 0.3) is 5.91 Å². The van der Waals surface area contributed by atoms with E-state index in [0.717, 1.165) is 36.3 Å². The van der Waals surface area contributed by atoms with E-state index in [-0.39, 0.29) is 28.5 Å². The predicted octanol–water partition coefficient (Wildman–Crippen LogP) is 3.64. The molecule has 35 heavy (non-hydrogen) atoms. The van der Waals surface area contributed by atoms with Crippen LogP contribution in [0.1, 0.15) is 41.7 Å². The summed E-state index contributed by atoms with van der Waals surface area (Å²) >= 11 is 5.85. The highest BCUT2D eigenvalue weighted by Gasteiger charge is 2.32. The predicted molar refractivity (Wildman–Crippen MR) is 126 cm³/mol. The summed E-state index contributed by atoms with van der Waals surface area (Å²) in [5.41, 5.74) is 4.58. The third kappa shape index (κ3) is 6.05. The number of nitrogens with one attached hydrogen (secondary N) is 2. The van der Waals surface area contributed by atoms with Crippen molar-refractivity contribution in [2.75, 3.05) is 35.3 Å². The Labute approximate surface area is 204 Å². The van der Waals surface area contributed by atoms with Crippen LogP contribution in [-0.2, 0) is 6.18 Å². The molecule has 2 aromatic rings. The molecule has 1 aromatic carbocycles. The number of primary amides is 1. The largest absolute Gasteiger partial charge is 0.416 e. The first kappa shape index (κ1) is 24.8. The van der Waals surface area contributed by atoms with Crippen LogP contribution in [0, 0.1) is 0 Å². The summed E-state index contributed by atoms with van der Waals surface area (Å²) in [4.78, 5) is 36.3. The molecule has 4 rings (SSSR count). The zero-order valence-electron chi connectivity index (χ0n) is 18.9. The third-order valence-corrected chi connectivity index (χ3v) is 6.10. The fourth-order valence-electron chi connectivity index (χ4n) is 3.86. The standard InChI is InChI=1S/C22H25ClF3N7O2/c1-32(16-8-12(22(24,25)26)7-13(23)9-16)21(35)30-15-3-2-6-33(11-15)17-10-28-18(19(27)34)20(31-17)29-14-4-5-14/h7-10,14-15H,2-6,11H2,1H3,(H2,27,34)(H,29,31)(H,30,35). The van der Waals surface area contributed by atoms with E-state index in [9.17, 15) is 22.8 Å². The summed E-state index contributed by atoms with van der Waals surface area (Å²) in [5, 5.41) is 5.92. The maximum Gasteiger partial charge on any atom is 0.416 e. The number of hydrogen-bond donors (Lipinski definition) is 3. The number of carbonyl (C=O) groups excluding carboxylic acids is 2. The average Bonchev–Trinajstić information content (AvgIpc) is 3.61. The van der Waals surface area contributed by atoms with Crippen molar-refractivity contribution in [2.24, 2.45) is 5.73 Å². The van der Waals surface area contributed by atoms with Crippen LogP contribution in [-0.4, -0.2) is 54.1 Å². The molecular formula is C22H25ClF3N7O2. The SMILES string of the molecule is CN(C(=O)NC1CCCN(c2cnc(C(N)=O)c(NC3CC3)n2)C1)c1cc(Cl)cc(C(F)(F)F)c1. The lowest BCUT2D eigenvalue weighted by atomic mass is 10.1. The normalized spacial score (nSPS) is 18.2. The van der Waals surface area contributed by atoms with Crippen molar-refractivity contribution < 1.29 is 22.8 Å². The number of piperidine rings is 1. The minimum absolute atomic E-state index is 0.0266. The van der Waals surface area contributed by atoms with Crippen molar-refractivity contribution >= 4 is 40.9 Å². The number of benzene rings is 1. The summed E-state index contributed by atoms with van der Waals surface area (Å²) in [6.07, 6.45) is 0.269. The Bertz CT molecular complexity index is 1130. The Kier molecular flexibility index (Phi) is 6.93. The maximum absolute atomic E-state index is 13.1. The molecular weight excluding hydrogens is 487 g/mol. The highest BCUT2D eigenvalue weighted by Crippen LogP contribution is 2.34. The van der Waals surface area contributed by atoms with Gasteiger partial charge in [-0.15, -0.1) is 0 Å². The lowest BCUT2D eigenvalue weighted by molar-refractivity contribution is -0.137. The highest BCUT2D eigenvalue weighted by molar-refractivity contribution is 6.31. The molecule has 2 heterocycles. The van der Waals surface area contributed by atoms with Gasteiger partial charge in [-0.25, -0.2) is 14.8 Å². The van der Waals surface area contributed by atoms with Gasteiger partial charge in [-0.05, 0) is 43.9 Å². The molecule has 1 aliphatic heterocycles. The smallest absolute Gasteiger partial charge is 0.365 e. The van der Waals surface area contributed by atoms with Gasteiger partial charge in [-0.1, -0.05) is 11.6 Å². The number of alkyl halides is 3. The van der Waals surface area contributed by atoms with Crippen molar-refractivity contribution in [3.8, 4) is 0 Å². The average molecular weight is 512 g/mol. The summed E-state index contributed by atoms with van der Waals surface area (Å²) in [7, 11) is 1.38. The molecule has 2 aliphatic rings. The van der Waals surface area contributed by atoms with Crippen molar-refractivity contribution in [2.45, 2.75) is 43.9 Å². The van der Waals surface area contributed by atoms with Crippen LogP contribution >= 0.6 is 11.6 Å². The first-order valence-corrected chi connectivity index (χ1v) is 11.5. The first-order valence-electron chi connectivity index (χ1n) is 11.1. The molecule has 9 nitrogen and oxygen atoms in total. The second-order valence-corrected chi connectivity index (χ2v) is 9.13. The van der Waals surface area contributed by atoms with Gasteiger partial charge < -0.3 is 21.3 Å².